The van der Waals surface area contributed by atoms with Crippen LogP contribution >= 0.6 is 0 Å². The molecule has 0 unspecified atom stereocenters. The van der Waals surface area contributed by atoms with Gasteiger partial charge in [-0.1, -0.05) is 5.57 Å². The molecule has 6 heteroatoms. The number of rotatable bonds is 6. The molecule has 0 aliphatic heterocycles. The van der Waals surface area contributed by atoms with Gasteiger partial charge in [0.15, 0.2) is 6.61 Å². The van der Waals surface area contributed by atoms with E-state index in [2.05, 4.69) is 0 Å². The van der Waals surface area contributed by atoms with Crippen LogP contribution in [0, 0.1) is 17.1 Å². The molecule has 0 heterocycles. The number of hydrogen-bond acceptors (Lipinski definition) is 4. The summed E-state index contributed by atoms with van der Waals surface area (Å²) in [6, 6.07) is 7.24. The summed E-state index contributed by atoms with van der Waals surface area (Å²) < 4.78 is 17.8. The first kappa shape index (κ1) is 17.4. The van der Waals surface area contributed by atoms with E-state index in [1.165, 1.54) is 35.2 Å². The van der Waals surface area contributed by atoms with Crippen LogP contribution in [0.25, 0.3) is 0 Å². The lowest BCUT2D eigenvalue weighted by molar-refractivity contribution is -0.143. The van der Waals surface area contributed by atoms with E-state index >= 15 is 0 Å². The fourth-order valence-corrected chi connectivity index (χ4v) is 1.67. The molecule has 0 N–H and O–H groups in total. The standard InChI is InChI=1S/C16H17FN2O3/c1-12(2)10-16(21)22-11-15(20)19(9-3-8-18)14-6-4-13(17)5-7-14/h4-7,10H,3,9,11H2,1-2H3. The summed E-state index contributed by atoms with van der Waals surface area (Å²) in [6.07, 6.45) is 1.40. The molecule has 116 valence electrons. The minimum atomic E-state index is -0.604. The van der Waals surface area contributed by atoms with E-state index in [0.717, 1.165) is 5.57 Å². The Morgan fingerprint density at radius 1 is 1.32 bits per heavy atom. The van der Waals surface area contributed by atoms with Crippen LogP contribution in [0.4, 0.5) is 10.1 Å². The molecule has 0 saturated heterocycles. The van der Waals surface area contributed by atoms with E-state index < -0.39 is 24.3 Å². The molecule has 0 spiro atoms. The number of allylic oxidation sites excluding steroid dienone is 1. The monoisotopic (exact) mass is 304 g/mol. The third-order valence-corrected chi connectivity index (χ3v) is 2.63. The van der Waals surface area contributed by atoms with Crippen molar-refractivity contribution in [1.29, 1.82) is 5.26 Å². The van der Waals surface area contributed by atoms with Crippen LogP contribution in [-0.4, -0.2) is 25.0 Å². The second-order valence-electron chi connectivity index (χ2n) is 4.76. The van der Waals surface area contributed by atoms with Crippen molar-refractivity contribution < 1.29 is 18.7 Å². The summed E-state index contributed by atoms with van der Waals surface area (Å²) in [6.45, 7) is 3.17. The normalized spacial score (nSPS) is 9.55. The summed E-state index contributed by atoms with van der Waals surface area (Å²) >= 11 is 0. The van der Waals surface area contributed by atoms with Gasteiger partial charge in [0.25, 0.3) is 5.91 Å². The molecule has 1 rings (SSSR count). The number of nitrogens with zero attached hydrogens (tertiary/aromatic N) is 2. The zero-order valence-corrected chi connectivity index (χ0v) is 12.5. The smallest absolute Gasteiger partial charge is 0.331 e. The quantitative estimate of drug-likeness (QED) is 0.598. The maximum atomic E-state index is 12.9. The first-order valence-electron chi connectivity index (χ1n) is 6.68. The van der Waals surface area contributed by atoms with E-state index in [9.17, 15) is 14.0 Å². The molecule has 0 aliphatic carbocycles. The first-order chi connectivity index (χ1) is 10.4. The van der Waals surface area contributed by atoms with E-state index in [0.29, 0.717) is 5.69 Å². The highest BCUT2D eigenvalue weighted by molar-refractivity contribution is 5.96. The average Bonchev–Trinajstić information content (AvgIpc) is 2.46. The zero-order valence-electron chi connectivity index (χ0n) is 12.5. The number of esters is 1. The Balaban J connectivity index is 2.77. The molecule has 0 saturated carbocycles. The van der Waals surface area contributed by atoms with Gasteiger partial charge in [-0.2, -0.15) is 5.26 Å². The molecule has 0 atom stereocenters. The maximum absolute atomic E-state index is 12.9. The number of benzene rings is 1. The fraction of sp³-hybridized carbons (Fsp3) is 0.312. The molecule has 0 aromatic heterocycles. The molecule has 1 aromatic rings. The Hall–Kier alpha value is -2.68. The highest BCUT2D eigenvalue weighted by Crippen LogP contribution is 2.15. The molecule has 0 fully saturated rings. The number of ether oxygens (including phenoxy) is 1. The third kappa shape index (κ3) is 5.75. The predicted octanol–water partition coefficient (Wildman–Crippen LogP) is 2.58. The van der Waals surface area contributed by atoms with Crippen LogP contribution in [-0.2, 0) is 14.3 Å². The Labute approximate surface area is 128 Å². The Morgan fingerprint density at radius 3 is 2.50 bits per heavy atom. The lowest BCUT2D eigenvalue weighted by atomic mass is 10.2. The number of hydrogen-bond donors (Lipinski definition) is 0. The minimum absolute atomic E-state index is 0.116. The van der Waals surface area contributed by atoms with Crippen molar-refractivity contribution in [3.8, 4) is 6.07 Å². The van der Waals surface area contributed by atoms with Gasteiger partial charge in [0, 0.05) is 18.3 Å². The maximum Gasteiger partial charge on any atom is 0.331 e. The number of anilines is 1. The zero-order chi connectivity index (χ0) is 16.5. The van der Waals surface area contributed by atoms with Crippen molar-refractivity contribution in [2.24, 2.45) is 0 Å². The van der Waals surface area contributed by atoms with Gasteiger partial charge in [-0.3, -0.25) is 4.79 Å². The lowest BCUT2D eigenvalue weighted by Gasteiger charge is -2.21. The van der Waals surface area contributed by atoms with Gasteiger partial charge in [0.1, 0.15) is 5.82 Å². The molecule has 0 radical (unpaired) electrons. The molecular weight excluding hydrogens is 287 g/mol. The predicted molar refractivity (Wildman–Crippen MR) is 79.4 cm³/mol. The molecule has 0 aliphatic rings. The molecule has 1 aromatic carbocycles. The van der Waals surface area contributed by atoms with E-state index in [4.69, 9.17) is 10.00 Å². The van der Waals surface area contributed by atoms with Crippen LogP contribution in [0.3, 0.4) is 0 Å². The van der Waals surface area contributed by atoms with Crippen LogP contribution in [0.2, 0.25) is 0 Å². The first-order valence-corrected chi connectivity index (χ1v) is 6.68. The van der Waals surface area contributed by atoms with Crippen molar-refractivity contribution in [2.45, 2.75) is 20.3 Å². The van der Waals surface area contributed by atoms with Crippen molar-refractivity contribution in [3.63, 3.8) is 0 Å². The highest BCUT2D eigenvalue weighted by Gasteiger charge is 2.17. The second-order valence-corrected chi connectivity index (χ2v) is 4.76. The number of halogens is 1. The van der Waals surface area contributed by atoms with E-state index in [1.54, 1.807) is 13.8 Å². The van der Waals surface area contributed by atoms with Crippen molar-refractivity contribution in [2.75, 3.05) is 18.1 Å². The lowest BCUT2D eigenvalue weighted by Crippen LogP contribution is -2.35. The summed E-state index contributed by atoms with van der Waals surface area (Å²) in [5.41, 5.74) is 1.21. The van der Waals surface area contributed by atoms with Gasteiger partial charge in [-0.25, -0.2) is 9.18 Å². The van der Waals surface area contributed by atoms with Crippen LogP contribution < -0.4 is 4.90 Å². The molecule has 22 heavy (non-hydrogen) atoms. The SMILES string of the molecule is CC(C)=CC(=O)OCC(=O)N(CCC#N)c1ccc(F)cc1. The summed E-state index contributed by atoms with van der Waals surface area (Å²) in [5.74, 6) is -1.50. The molecule has 5 nitrogen and oxygen atoms in total. The summed E-state index contributed by atoms with van der Waals surface area (Å²) in [5, 5.41) is 8.66. The van der Waals surface area contributed by atoms with Gasteiger partial charge < -0.3 is 9.64 Å². The van der Waals surface area contributed by atoms with Crippen LogP contribution in [0.15, 0.2) is 35.9 Å². The largest absolute Gasteiger partial charge is 0.452 e. The number of carbonyl (C=O) groups excluding carboxylic acids is 2. The van der Waals surface area contributed by atoms with Gasteiger partial charge in [-0.05, 0) is 38.1 Å². The van der Waals surface area contributed by atoms with Crippen LogP contribution in [0.5, 0.6) is 0 Å². The van der Waals surface area contributed by atoms with Crippen molar-refractivity contribution in [3.05, 3.63) is 41.7 Å². The van der Waals surface area contributed by atoms with Crippen molar-refractivity contribution in [1.82, 2.24) is 0 Å². The van der Waals surface area contributed by atoms with Crippen LogP contribution in [0.1, 0.15) is 20.3 Å². The summed E-state index contributed by atoms with van der Waals surface area (Å²) in [7, 11) is 0. The molecule has 0 bridgehead atoms. The number of nitriles is 1. The van der Waals surface area contributed by atoms with Gasteiger partial charge in [-0.15, -0.1) is 0 Å². The fourth-order valence-electron chi connectivity index (χ4n) is 1.67. The van der Waals surface area contributed by atoms with E-state index in [-0.39, 0.29) is 13.0 Å². The van der Waals surface area contributed by atoms with E-state index in [1.807, 2.05) is 6.07 Å². The number of amides is 1. The van der Waals surface area contributed by atoms with Crippen molar-refractivity contribution >= 4 is 17.6 Å². The van der Waals surface area contributed by atoms with Gasteiger partial charge in [0.2, 0.25) is 0 Å². The third-order valence-electron chi connectivity index (χ3n) is 2.63. The summed E-state index contributed by atoms with van der Waals surface area (Å²) in [4.78, 5) is 24.8. The molecule has 1 amide bonds. The van der Waals surface area contributed by atoms with Gasteiger partial charge in [0.05, 0.1) is 12.5 Å². The Bertz CT molecular complexity index is 599. The average molecular weight is 304 g/mol. The Morgan fingerprint density at radius 2 is 1.95 bits per heavy atom. The Kier molecular flexibility index (Phi) is 6.77. The minimum Gasteiger partial charge on any atom is -0.452 e. The van der Waals surface area contributed by atoms with Gasteiger partial charge >= 0.3 is 5.97 Å². The number of carbonyl (C=O) groups is 2. The topological polar surface area (TPSA) is 70.4 Å². The second kappa shape index (κ2) is 8.57. The highest BCUT2D eigenvalue weighted by atomic mass is 19.1. The molecular formula is C16H17FN2O3.